The summed E-state index contributed by atoms with van der Waals surface area (Å²) in [6.07, 6.45) is 3.19. The number of hydrogen-bond acceptors (Lipinski definition) is 6. The SMILES string of the molecule is CS(=O)(=O)c1cc(C(=O)Nc2ccc(-c3nnnn3C3CC3)cc2)ccc1Cl. The molecular weight excluding hydrogens is 402 g/mol. The molecule has 4 rings (SSSR count). The summed E-state index contributed by atoms with van der Waals surface area (Å²) in [5.74, 6) is 0.257. The molecule has 0 bridgehead atoms. The summed E-state index contributed by atoms with van der Waals surface area (Å²) in [7, 11) is -3.53. The van der Waals surface area contributed by atoms with E-state index in [2.05, 4.69) is 20.8 Å². The molecule has 3 aromatic rings. The van der Waals surface area contributed by atoms with Crippen molar-refractivity contribution in [1.29, 1.82) is 0 Å². The number of tetrazole rings is 1. The second-order valence-electron chi connectivity index (χ2n) is 6.63. The number of nitrogens with zero attached hydrogens (tertiary/aromatic N) is 4. The van der Waals surface area contributed by atoms with Crippen LogP contribution in [0.1, 0.15) is 29.2 Å². The average Bonchev–Trinajstić information content (AvgIpc) is 3.38. The van der Waals surface area contributed by atoms with Gasteiger partial charge in [-0.1, -0.05) is 11.6 Å². The van der Waals surface area contributed by atoms with Gasteiger partial charge in [0.25, 0.3) is 5.91 Å². The number of benzene rings is 2. The molecule has 0 aliphatic heterocycles. The molecule has 1 saturated carbocycles. The topological polar surface area (TPSA) is 107 Å². The van der Waals surface area contributed by atoms with Crippen LogP contribution in [0.5, 0.6) is 0 Å². The minimum absolute atomic E-state index is 0.0796. The van der Waals surface area contributed by atoms with E-state index in [1.807, 2.05) is 16.8 Å². The molecule has 1 aromatic heterocycles. The highest BCUT2D eigenvalue weighted by Crippen LogP contribution is 2.36. The van der Waals surface area contributed by atoms with E-state index in [9.17, 15) is 13.2 Å². The molecule has 0 unspecified atom stereocenters. The lowest BCUT2D eigenvalue weighted by molar-refractivity contribution is 0.102. The van der Waals surface area contributed by atoms with Crippen LogP contribution in [0.4, 0.5) is 5.69 Å². The Hall–Kier alpha value is -2.78. The number of aromatic nitrogens is 4. The van der Waals surface area contributed by atoms with E-state index in [-0.39, 0.29) is 15.5 Å². The van der Waals surface area contributed by atoms with Crippen LogP contribution in [0, 0.1) is 0 Å². The van der Waals surface area contributed by atoms with E-state index in [4.69, 9.17) is 11.6 Å². The zero-order valence-corrected chi connectivity index (χ0v) is 16.4. The van der Waals surface area contributed by atoms with Gasteiger partial charge in [-0.05, 0) is 65.7 Å². The van der Waals surface area contributed by atoms with Crippen molar-refractivity contribution in [3.63, 3.8) is 0 Å². The predicted molar refractivity (Wildman–Crippen MR) is 104 cm³/mol. The van der Waals surface area contributed by atoms with Gasteiger partial charge in [0.15, 0.2) is 15.7 Å². The number of amides is 1. The molecule has 1 fully saturated rings. The Kier molecular flexibility index (Phi) is 4.64. The van der Waals surface area contributed by atoms with Gasteiger partial charge in [-0.15, -0.1) is 5.10 Å². The maximum absolute atomic E-state index is 12.5. The fourth-order valence-electron chi connectivity index (χ4n) is 2.78. The van der Waals surface area contributed by atoms with Gasteiger partial charge in [0.2, 0.25) is 0 Å². The zero-order valence-electron chi connectivity index (χ0n) is 14.8. The zero-order chi connectivity index (χ0) is 19.9. The summed E-state index contributed by atoms with van der Waals surface area (Å²) in [4.78, 5) is 12.4. The summed E-state index contributed by atoms with van der Waals surface area (Å²) in [5.41, 5.74) is 1.61. The minimum atomic E-state index is -3.53. The van der Waals surface area contributed by atoms with Crippen LogP contribution in [-0.4, -0.2) is 40.8 Å². The van der Waals surface area contributed by atoms with Crippen molar-refractivity contribution in [3.05, 3.63) is 53.1 Å². The summed E-state index contributed by atoms with van der Waals surface area (Å²) >= 11 is 5.92. The van der Waals surface area contributed by atoms with E-state index in [0.29, 0.717) is 17.6 Å². The van der Waals surface area contributed by atoms with Crippen molar-refractivity contribution in [2.24, 2.45) is 0 Å². The molecule has 28 heavy (non-hydrogen) atoms. The van der Waals surface area contributed by atoms with Crippen LogP contribution >= 0.6 is 11.6 Å². The summed E-state index contributed by atoms with van der Waals surface area (Å²) in [6.45, 7) is 0. The van der Waals surface area contributed by atoms with Gasteiger partial charge >= 0.3 is 0 Å². The van der Waals surface area contributed by atoms with Gasteiger partial charge in [0.1, 0.15) is 0 Å². The molecule has 0 radical (unpaired) electrons. The summed E-state index contributed by atoms with van der Waals surface area (Å²) < 4.78 is 25.4. The maximum atomic E-state index is 12.5. The van der Waals surface area contributed by atoms with Crippen molar-refractivity contribution in [2.75, 3.05) is 11.6 Å². The van der Waals surface area contributed by atoms with Crippen molar-refractivity contribution < 1.29 is 13.2 Å². The van der Waals surface area contributed by atoms with E-state index >= 15 is 0 Å². The van der Waals surface area contributed by atoms with Crippen molar-refractivity contribution in [2.45, 2.75) is 23.8 Å². The number of halogens is 1. The number of carbonyl (C=O) groups is 1. The standard InChI is InChI=1S/C18H16ClN5O3S/c1-28(26,27)16-10-12(4-9-15(16)19)18(25)20-13-5-2-11(3-6-13)17-21-22-23-24(17)14-7-8-14/h2-6,9-10,14H,7-8H2,1H3,(H,20,25). The van der Waals surface area contributed by atoms with Crippen LogP contribution in [0.2, 0.25) is 5.02 Å². The lowest BCUT2D eigenvalue weighted by Crippen LogP contribution is -2.13. The van der Waals surface area contributed by atoms with Crippen LogP contribution in [0.15, 0.2) is 47.4 Å². The van der Waals surface area contributed by atoms with E-state index in [1.54, 1.807) is 12.1 Å². The summed E-state index contributed by atoms with van der Waals surface area (Å²) in [6, 6.07) is 11.6. The molecule has 1 amide bonds. The number of sulfone groups is 1. The first-order valence-electron chi connectivity index (χ1n) is 8.52. The third-order valence-corrected chi connectivity index (χ3v) is 5.96. The van der Waals surface area contributed by atoms with Crippen LogP contribution in [-0.2, 0) is 9.84 Å². The van der Waals surface area contributed by atoms with E-state index in [1.165, 1.54) is 18.2 Å². The van der Waals surface area contributed by atoms with Gasteiger partial charge < -0.3 is 5.32 Å². The van der Waals surface area contributed by atoms with E-state index < -0.39 is 15.7 Å². The average molecular weight is 418 g/mol. The predicted octanol–water partition coefficient (Wildman–Crippen LogP) is 2.98. The molecule has 8 nitrogen and oxygen atoms in total. The fraction of sp³-hybridized carbons (Fsp3) is 0.222. The van der Waals surface area contributed by atoms with Crippen LogP contribution in [0.25, 0.3) is 11.4 Å². The highest BCUT2D eigenvalue weighted by atomic mass is 35.5. The molecule has 0 atom stereocenters. The lowest BCUT2D eigenvalue weighted by Gasteiger charge is -2.09. The van der Waals surface area contributed by atoms with Gasteiger partial charge in [-0.25, -0.2) is 13.1 Å². The van der Waals surface area contributed by atoms with Gasteiger partial charge in [0, 0.05) is 23.1 Å². The Bertz CT molecular complexity index is 1150. The Balaban J connectivity index is 1.53. The highest BCUT2D eigenvalue weighted by molar-refractivity contribution is 7.90. The Morgan fingerprint density at radius 1 is 1.18 bits per heavy atom. The van der Waals surface area contributed by atoms with Crippen molar-refractivity contribution in [3.8, 4) is 11.4 Å². The second kappa shape index (κ2) is 6.99. The number of anilines is 1. The normalized spacial score (nSPS) is 14.1. The number of carbonyl (C=O) groups excluding carboxylic acids is 1. The highest BCUT2D eigenvalue weighted by Gasteiger charge is 2.28. The first-order chi connectivity index (χ1) is 13.3. The van der Waals surface area contributed by atoms with Gasteiger partial charge in [-0.2, -0.15) is 0 Å². The van der Waals surface area contributed by atoms with E-state index in [0.717, 1.165) is 24.7 Å². The lowest BCUT2D eigenvalue weighted by atomic mass is 10.1. The number of rotatable bonds is 5. The van der Waals surface area contributed by atoms with Crippen molar-refractivity contribution >= 4 is 33.0 Å². The monoisotopic (exact) mass is 417 g/mol. The molecule has 1 aliphatic rings. The van der Waals surface area contributed by atoms with Crippen LogP contribution in [0.3, 0.4) is 0 Å². The molecule has 2 aromatic carbocycles. The Morgan fingerprint density at radius 3 is 2.54 bits per heavy atom. The second-order valence-corrected chi connectivity index (χ2v) is 9.02. The molecule has 10 heteroatoms. The Morgan fingerprint density at radius 2 is 1.89 bits per heavy atom. The van der Waals surface area contributed by atoms with Gasteiger partial charge in [-0.3, -0.25) is 4.79 Å². The summed E-state index contributed by atoms with van der Waals surface area (Å²) in [5, 5.41) is 14.7. The van der Waals surface area contributed by atoms with Crippen molar-refractivity contribution in [1.82, 2.24) is 20.2 Å². The third-order valence-electron chi connectivity index (χ3n) is 4.38. The molecule has 1 N–H and O–H groups in total. The first kappa shape index (κ1) is 18.6. The molecule has 144 valence electrons. The van der Waals surface area contributed by atoms with Crippen LogP contribution < -0.4 is 5.32 Å². The maximum Gasteiger partial charge on any atom is 0.255 e. The Labute approximate surface area is 166 Å². The quantitative estimate of drug-likeness (QED) is 0.683. The molecule has 0 spiro atoms. The first-order valence-corrected chi connectivity index (χ1v) is 10.8. The number of hydrogen-bond donors (Lipinski definition) is 1. The molecule has 1 heterocycles. The minimum Gasteiger partial charge on any atom is -0.322 e. The molecule has 1 aliphatic carbocycles. The fourth-order valence-corrected chi connectivity index (χ4v) is 4.08. The smallest absolute Gasteiger partial charge is 0.255 e. The number of nitrogens with one attached hydrogen (secondary N) is 1. The molecular formula is C18H16ClN5O3S. The molecule has 0 saturated heterocycles. The largest absolute Gasteiger partial charge is 0.322 e. The van der Waals surface area contributed by atoms with Gasteiger partial charge in [0.05, 0.1) is 16.0 Å². The third kappa shape index (κ3) is 3.76.